The number of carbonyl (C=O) groups excluding carboxylic acids is 1. The summed E-state index contributed by atoms with van der Waals surface area (Å²) in [6.07, 6.45) is 3.42. The molecular formula is C21H18BrN5O2S. The lowest BCUT2D eigenvalue weighted by Crippen LogP contribution is -2.49. The molecule has 7 nitrogen and oxygen atoms in total. The molecule has 1 aliphatic heterocycles. The fraction of sp³-hybridized carbons (Fsp3) is 0.238. The summed E-state index contributed by atoms with van der Waals surface area (Å²) in [5.41, 5.74) is 2.41. The molecule has 0 saturated heterocycles. The Kier molecular flexibility index (Phi) is 4.59. The molecule has 4 aromatic rings. The van der Waals surface area contributed by atoms with E-state index in [9.17, 15) is 9.59 Å². The molecule has 0 radical (unpaired) electrons. The zero-order valence-corrected chi connectivity index (χ0v) is 18.8. The molecule has 152 valence electrons. The highest BCUT2D eigenvalue weighted by atomic mass is 79.9. The van der Waals surface area contributed by atoms with Gasteiger partial charge >= 0.3 is 0 Å². The first kappa shape index (κ1) is 19.2. The number of pyridine rings is 1. The Bertz CT molecular complexity index is 1360. The summed E-state index contributed by atoms with van der Waals surface area (Å²) in [4.78, 5) is 32.3. The predicted octanol–water partition coefficient (Wildman–Crippen LogP) is 3.76. The van der Waals surface area contributed by atoms with E-state index in [4.69, 9.17) is 0 Å². The molecule has 0 fully saturated rings. The van der Waals surface area contributed by atoms with Crippen molar-refractivity contribution in [1.82, 2.24) is 23.4 Å². The van der Waals surface area contributed by atoms with Gasteiger partial charge in [-0.2, -0.15) is 4.37 Å². The zero-order valence-electron chi connectivity index (χ0n) is 16.4. The van der Waals surface area contributed by atoms with Crippen LogP contribution in [0.3, 0.4) is 0 Å². The quantitative estimate of drug-likeness (QED) is 0.444. The molecule has 1 unspecified atom stereocenters. The van der Waals surface area contributed by atoms with Gasteiger partial charge in [0.05, 0.1) is 29.0 Å². The SMILES string of the molecule is Cc1cn(-c2ccc3n(c2=O)CC(C)N(Cc2nsc4ccc(Br)cc24)C3=O)cn1. The molecule has 30 heavy (non-hydrogen) atoms. The van der Waals surface area contributed by atoms with E-state index in [1.807, 2.05) is 32.0 Å². The van der Waals surface area contributed by atoms with Crippen molar-refractivity contribution < 1.29 is 4.79 Å². The van der Waals surface area contributed by atoms with Crippen molar-refractivity contribution in [3.63, 3.8) is 0 Å². The molecule has 1 amide bonds. The van der Waals surface area contributed by atoms with Crippen LogP contribution in [0.4, 0.5) is 0 Å². The van der Waals surface area contributed by atoms with Gasteiger partial charge in [0, 0.05) is 28.6 Å². The number of rotatable bonds is 3. The fourth-order valence-corrected chi connectivity index (χ4v) is 4.99. The average Bonchev–Trinajstić information content (AvgIpc) is 3.32. The molecule has 0 saturated carbocycles. The van der Waals surface area contributed by atoms with E-state index in [2.05, 4.69) is 25.3 Å². The summed E-state index contributed by atoms with van der Waals surface area (Å²) in [7, 11) is 0. The lowest BCUT2D eigenvalue weighted by molar-refractivity contribution is 0.0588. The molecule has 5 rings (SSSR count). The highest BCUT2D eigenvalue weighted by Gasteiger charge is 2.32. The zero-order chi connectivity index (χ0) is 21.0. The van der Waals surface area contributed by atoms with Gasteiger partial charge < -0.3 is 14.0 Å². The first-order valence-electron chi connectivity index (χ1n) is 9.52. The number of aryl methyl sites for hydroxylation is 1. The van der Waals surface area contributed by atoms with Crippen molar-refractivity contribution in [2.24, 2.45) is 0 Å². The lowest BCUT2D eigenvalue weighted by Gasteiger charge is -2.35. The second-order valence-electron chi connectivity index (χ2n) is 7.49. The van der Waals surface area contributed by atoms with Crippen molar-refractivity contribution in [3.8, 4) is 5.69 Å². The van der Waals surface area contributed by atoms with E-state index in [-0.39, 0.29) is 17.5 Å². The molecule has 0 N–H and O–H groups in total. The maximum atomic E-state index is 13.3. The number of hydrogen-bond donors (Lipinski definition) is 0. The minimum Gasteiger partial charge on any atom is -0.327 e. The average molecular weight is 484 g/mol. The van der Waals surface area contributed by atoms with Gasteiger partial charge in [0.25, 0.3) is 11.5 Å². The topological polar surface area (TPSA) is 73.0 Å². The first-order chi connectivity index (χ1) is 14.4. The van der Waals surface area contributed by atoms with E-state index in [1.165, 1.54) is 11.5 Å². The van der Waals surface area contributed by atoms with Crippen LogP contribution < -0.4 is 5.56 Å². The number of benzene rings is 1. The second kappa shape index (κ2) is 7.17. The van der Waals surface area contributed by atoms with Gasteiger partial charge in [0.2, 0.25) is 0 Å². The molecule has 1 aliphatic rings. The monoisotopic (exact) mass is 483 g/mol. The molecule has 0 bridgehead atoms. The Morgan fingerprint density at radius 3 is 2.83 bits per heavy atom. The van der Waals surface area contributed by atoms with E-state index in [1.54, 1.807) is 38.7 Å². The number of carbonyl (C=O) groups is 1. The van der Waals surface area contributed by atoms with Gasteiger partial charge in [-0.05, 0) is 55.7 Å². The van der Waals surface area contributed by atoms with Crippen molar-refractivity contribution in [3.05, 3.63) is 74.8 Å². The number of amides is 1. The standard InChI is InChI=1S/C21H18BrN5O2S/c1-12-8-25(11-23-12)17-4-5-18-21(29)26(13(2)9-27(18)20(17)28)10-16-15-7-14(22)3-6-19(15)30-24-16/h3-8,11,13H,9-10H2,1-2H3. The third-order valence-corrected chi connectivity index (χ3v) is 6.79. The van der Waals surface area contributed by atoms with Gasteiger partial charge in [-0.3, -0.25) is 9.59 Å². The Hall–Kier alpha value is -2.78. The summed E-state index contributed by atoms with van der Waals surface area (Å²) in [6, 6.07) is 9.33. The van der Waals surface area contributed by atoms with Gasteiger partial charge in [0.15, 0.2) is 0 Å². The number of imidazole rings is 1. The summed E-state index contributed by atoms with van der Waals surface area (Å²) in [6.45, 7) is 4.68. The van der Waals surface area contributed by atoms with Gasteiger partial charge in [-0.1, -0.05) is 15.9 Å². The highest BCUT2D eigenvalue weighted by molar-refractivity contribution is 9.10. The minimum absolute atomic E-state index is 0.133. The highest BCUT2D eigenvalue weighted by Crippen LogP contribution is 2.28. The smallest absolute Gasteiger partial charge is 0.275 e. The van der Waals surface area contributed by atoms with Crippen molar-refractivity contribution in [2.45, 2.75) is 33.0 Å². The van der Waals surface area contributed by atoms with Gasteiger partial charge in [-0.25, -0.2) is 4.98 Å². The normalized spacial score (nSPS) is 16.3. The van der Waals surface area contributed by atoms with E-state index in [0.29, 0.717) is 24.5 Å². The lowest BCUT2D eigenvalue weighted by atomic mass is 10.1. The van der Waals surface area contributed by atoms with Gasteiger partial charge in [0.1, 0.15) is 11.4 Å². The molecule has 9 heteroatoms. The van der Waals surface area contributed by atoms with E-state index in [0.717, 1.165) is 25.9 Å². The molecule has 0 aliphatic carbocycles. The Morgan fingerprint density at radius 2 is 2.07 bits per heavy atom. The molecule has 0 spiro atoms. The van der Waals surface area contributed by atoms with Crippen LogP contribution in [0.15, 0.2) is 52.1 Å². The number of hydrogen-bond acceptors (Lipinski definition) is 5. The minimum atomic E-state index is -0.187. The number of nitrogens with zero attached hydrogens (tertiary/aromatic N) is 5. The fourth-order valence-electron chi connectivity index (χ4n) is 3.86. The number of aromatic nitrogens is 4. The third kappa shape index (κ3) is 3.09. The van der Waals surface area contributed by atoms with Crippen LogP contribution in [0, 0.1) is 6.92 Å². The van der Waals surface area contributed by atoms with Crippen molar-refractivity contribution >= 4 is 43.5 Å². The summed E-state index contributed by atoms with van der Waals surface area (Å²) < 4.78 is 9.92. The molecule has 4 heterocycles. The van der Waals surface area contributed by atoms with Crippen molar-refractivity contribution in [1.29, 1.82) is 0 Å². The molecular weight excluding hydrogens is 466 g/mol. The predicted molar refractivity (Wildman–Crippen MR) is 119 cm³/mol. The van der Waals surface area contributed by atoms with Gasteiger partial charge in [-0.15, -0.1) is 0 Å². The van der Waals surface area contributed by atoms with Crippen molar-refractivity contribution in [2.75, 3.05) is 0 Å². The number of fused-ring (bicyclic) bond motifs is 2. The summed E-state index contributed by atoms with van der Waals surface area (Å²) >= 11 is 4.94. The first-order valence-corrected chi connectivity index (χ1v) is 11.1. The van der Waals surface area contributed by atoms with E-state index >= 15 is 0 Å². The summed E-state index contributed by atoms with van der Waals surface area (Å²) in [5.74, 6) is -0.157. The van der Waals surface area contributed by atoms with Crippen LogP contribution in [-0.2, 0) is 13.1 Å². The van der Waals surface area contributed by atoms with Crippen LogP contribution >= 0.6 is 27.5 Å². The largest absolute Gasteiger partial charge is 0.327 e. The van der Waals surface area contributed by atoms with Crippen LogP contribution in [0.2, 0.25) is 0 Å². The maximum absolute atomic E-state index is 13.3. The van der Waals surface area contributed by atoms with Crippen LogP contribution in [0.5, 0.6) is 0 Å². The Balaban J connectivity index is 1.51. The van der Waals surface area contributed by atoms with Crippen LogP contribution in [0.25, 0.3) is 15.8 Å². The summed E-state index contributed by atoms with van der Waals surface area (Å²) in [5, 5.41) is 1.04. The Labute approximate surface area is 184 Å². The molecule has 1 atom stereocenters. The van der Waals surface area contributed by atoms with Crippen LogP contribution in [0.1, 0.15) is 28.8 Å². The van der Waals surface area contributed by atoms with E-state index < -0.39 is 0 Å². The third-order valence-electron chi connectivity index (χ3n) is 5.43. The number of halogens is 1. The maximum Gasteiger partial charge on any atom is 0.275 e. The molecule has 1 aromatic carbocycles. The second-order valence-corrected chi connectivity index (χ2v) is 9.21. The molecule has 3 aromatic heterocycles. The Morgan fingerprint density at radius 1 is 1.23 bits per heavy atom. The van der Waals surface area contributed by atoms with Crippen LogP contribution in [-0.4, -0.2) is 35.3 Å².